The summed E-state index contributed by atoms with van der Waals surface area (Å²) in [5.74, 6) is 0.510. The van der Waals surface area contributed by atoms with Crippen LogP contribution in [0.15, 0.2) is 263 Å². The maximum absolute atomic E-state index is 12.4. The molecule has 12 N–H and O–H groups in total. The molecule has 0 saturated carbocycles. The molecule has 2 aliphatic rings. The van der Waals surface area contributed by atoms with Crippen molar-refractivity contribution in [2.45, 2.75) is 188 Å². The molecule has 18 rings (SSSR count). The molecule has 16 aromatic carbocycles. The third-order valence-electron chi connectivity index (χ3n) is 28.2. The Morgan fingerprint density at radius 3 is 0.465 bits per heavy atom. The number of benzene rings is 16. The smallest absolute Gasteiger partial charge is 0.122 e. The summed E-state index contributed by atoms with van der Waals surface area (Å²) >= 11 is 0. The molecule has 0 aliphatic heterocycles. The molecular weight excluding hydrogens is 1780 g/mol. The summed E-state index contributed by atoms with van der Waals surface area (Å²) < 4.78 is 0. The molecule has 0 unspecified atom stereocenters. The van der Waals surface area contributed by atoms with E-state index in [9.17, 15) is 40.9 Å². The van der Waals surface area contributed by atoms with Crippen LogP contribution in [0.3, 0.4) is 0 Å². The SMILES string of the molecule is Cc1ccc(C=Nc2cc3c(O)c(c2)Cc2cc(N=Cc4ccc(C)cc4C)cc(c2O)Cc2cc(N=Cc4ccc(C)cc4C)cc(c2O)Cc2cc(N=Cc4ccc(C)cc4C)cc(c2O)C3)c(C)c1.Cc1ccc(CNc2cc3c(O)c(c2)Cc2cc(NCc4ccc(C)cc4C)cc(c2O)Cc2cc(NCc4ccc(C)cc4C)cc(c2O)Cc2cc(NCc4ccc(C)cc4C)cc(c2O)C3)c(C)c1. The van der Waals surface area contributed by atoms with Crippen molar-refractivity contribution in [3.8, 4) is 46.0 Å². The standard InChI is InChI=1S/C64H68N4O4.C64H60N4O4/c2*1-37-9-13-45(41(5)17-37)33-65-57-25-49-21-51-27-58(66-34-46-14-10-38(2)18-42(46)6)29-53(62(51)70)23-55-31-60(68-36-48-16-12-40(4)20-44(48)8)32-56(64(55)72)24-54-30-59(67-35-47-15-11-39(3)19-43(47)7)28-52(63(54)71)22-50(26-57)61(49)69/h9-20,25-32,65-72H,21-24,33-36H2,1-8H3;9-20,25-36,69-72H,21-24H2,1-8H3. The minimum absolute atomic E-state index is 0.0250. The average Bonchev–Trinajstić information content (AvgIpc) is 0.778. The van der Waals surface area contributed by atoms with Crippen LogP contribution in [-0.2, 0) is 77.5 Å². The zero-order valence-corrected chi connectivity index (χ0v) is 85.3. The van der Waals surface area contributed by atoms with E-state index in [1.807, 2.05) is 146 Å². The first kappa shape index (κ1) is 99.4. The number of nitrogens with zero attached hydrogens (tertiary/aromatic N) is 4. The van der Waals surface area contributed by atoms with E-state index >= 15 is 0 Å². The lowest BCUT2D eigenvalue weighted by atomic mass is 9.90. The van der Waals surface area contributed by atoms with Crippen LogP contribution in [0.2, 0.25) is 0 Å². The fourth-order valence-electron chi connectivity index (χ4n) is 19.9. The van der Waals surface area contributed by atoms with Crippen LogP contribution in [-0.4, -0.2) is 65.7 Å². The minimum Gasteiger partial charge on any atom is -0.507 e. The molecule has 2 aliphatic carbocycles. The van der Waals surface area contributed by atoms with Crippen LogP contribution in [0.25, 0.3) is 0 Å². The van der Waals surface area contributed by atoms with Gasteiger partial charge in [-0.25, -0.2) is 0 Å². The monoisotopic (exact) mass is 1900 g/mol. The molecule has 0 atom stereocenters. The molecule has 16 aromatic rings. The third kappa shape index (κ3) is 23.7. The molecule has 16 bridgehead atoms. The molecule has 16 heteroatoms. The molecule has 0 fully saturated rings. The van der Waals surface area contributed by atoms with Crippen LogP contribution in [0, 0.1) is 111 Å². The number of hydrogen-bond acceptors (Lipinski definition) is 16. The Morgan fingerprint density at radius 2 is 0.319 bits per heavy atom. The number of nitrogens with one attached hydrogen (secondary N) is 4. The van der Waals surface area contributed by atoms with Gasteiger partial charge >= 0.3 is 0 Å². The second-order valence-electron chi connectivity index (χ2n) is 40.0. The van der Waals surface area contributed by atoms with E-state index in [1.165, 1.54) is 44.5 Å². The minimum atomic E-state index is 0.0250. The topological polar surface area (TPSA) is 259 Å². The second-order valence-corrected chi connectivity index (χ2v) is 40.0. The lowest BCUT2D eigenvalue weighted by molar-refractivity contribution is 0.449. The van der Waals surface area contributed by atoms with Crippen LogP contribution >= 0.6 is 0 Å². The zero-order chi connectivity index (χ0) is 102. The van der Waals surface area contributed by atoms with Gasteiger partial charge in [-0.3, -0.25) is 20.0 Å². The molecule has 16 nitrogen and oxygen atoms in total. The Kier molecular flexibility index (Phi) is 29.7. The molecule has 0 heterocycles. The van der Waals surface area contributed by atoms with Gasteiger partial charge in [0.2, 0.25) is 0 Å². The van der Waals surface area contributed by atoms with E-state index in [0.717, 1.165) is 112 Å². The Morgan fingerprint density at radius 1 is 0.181 bits per heavy atom. The lowest BCUT2D eigenvalue weighted by Gasteiger charge is -2.21. The fourth-order valence-corrected chi connectivity index (χ4v) is 19.9. The van der Waals surface area contributed by atoms with Crippen molar-refractivity contribution < 1.29 is 40.9 Å². The second kappa shape index (κ2) is 43.1. The Balaban J connectivity index is 0.000000198. The van der Waals surface area contributed by atoms with Gasteiger partial charge in [0, 0.05) is 214 Å². The van der Waals surface area contributed by atoms with Gasteiger partial charge in [-0.1, -0.05) is 190 Å². The van der Waals surface area contributed by atoms with Crippen LogP contribution < -0.4 is 21.3 Å². The first-order valence-corrected chi connectivity index (χ1v) is 49.5. The van der Waals surface area contributed by atoms with Crippen LogP contribution in [0.5, 0.6) is 46.0 Å². The highest BCUT2D eigenvalue weighted by molar-refractivity contribution is 5.88. The van der Waals surface area contributed by atoms with Gasteiger partial charge in [-0.2, -0.15) is 0 Å². The van der Waals surface area contributed by atoms with Gasteiger partial charge in [0.1, 0.15) is 46.0 Å². The van der Waals surface area contributed by atoms with E-state index < -0.39 is 0 Å². The molecule has 0 saturated heterocycles. The van der Waals surface area contributed by atoms with Gasteiger partial charge in [0.25, 0.3) is 0 Å². The Bertz CT molecular complexity index is 6730. The fraction of sp³-hybridized carbons (Fsp3) is 0.219. The number of fused-ring (bicyclic) bond motifs is 16. The van der Waals surface area contributed by atoms with E-state index in [-0.39, 0.29) is 97.4 Å². The summed E-state index contributed by atoms with van der Waals surface area (Å²) in [5.41, 5.74) is 41.9. The normalized spacial score (nSPS) is 12.4. The van der Waals surface area contributed by atoms with E-state index in [0.29, 0.717) is 138 Å². The molecule has 0 radical (unpaired) electrons. The molecule has 0 spiro atoms. The van der Waals surface area contributed by atoms with E-state index in [2.05, 4.69) is 253 Å². The Hall–Kier alpha value is -16.2. The number of aryl methyl sites for hydroxylation is 16. The van der Waals surface area contributed by atoms with Gasteiger partial charge in [-0.15, -0.1) is 0 Å². The number of hydrogen-bond donors (Lipinski definition) is 12. The van der Waals surface area contributed by atoms with Crippen molar-refractivity contribution in [2.24, 2.45) is 20.0 Å². The largest absolute Gasteiger partial charge is 0.507 e. The molecular formula is C128H128N8O8. The number of rotatable bonds is 20. The van der Waals surface area contributed by atoms with E-state index in [1.54, 1.807) is 0 Å². The van der Waals surface area contributed by atoms with Gasteiger partial charge in [0.15, 0.2) is 0 Å². The Labute approximate surface area is 846 Å². The van der Waals surface area contributed by atoms with Crippen molar-refractivity contribution in [2.75, 3.05) is 21.3 Å². The van der Waals surface area contributed by atoms with Crippen molar-refractivity contribution >= 4 is 70.4 Å². The molecule has 144 heavy (non-hydrogen) atoms. The van der Waals surface area contributed by atoms with Crippen LogP contribution in [0.4, 0.5) is 45.5 Å². The number of aliphatic imine (C=N–C) groups is 4. The average molecular weight is 1910 g/mol. The summed E-state index contributed by atoms with van der Waals surface area (Å²) in [6, 6.07) is 81.2. The first-order chi connectivity index (χ1) is 69.0. The predicted octanol–water partition coefficient (Wildman–Crippen LogP) is 28.8. The molecule has 0 amide bonds. The lowest BCUT2D eigenvalue weighted by Crippen LogP contribution is -2.07. The maximum Gasteiger partial charge on any atom is 0.122 e. The summed E-state index contributed by atoms with van der Waals surface area (Å²) in [4.78, 5) is 19.9. The quantitative estimate of drug-likeness (QED) is 0.0251. The van der Waals surface area contributed by atoms with Crippen molar-refractivity contribution in [3.63, 3.8) is 0 Å². The zero-order valence-electron chi connectivity index (χ0n) is 85.3. The summed E-state index contributed by atoms with van der Waals surface area (Å²) in [6.07, 6.45) is 8.62. The highest BCUT2D eigenvalue weighted by Gasteiger charge is 2.27. The van der Waals surface area contributed by atoms with Gasteiger partial charge < -0.3 is 62.1 Å². The first-order valence-electron chi connectivity index (χ1n) is 49.5. The van der Waals surface area contributed by atoms with Gasteiger partial charge in [-0.05, 0) is 297 Å². The number of phenols is 8. The predicted molar refractivity (Wildman–Crippen MR) is 593 cm³/mol. The summed E-state index contributed by atoms with van der Waals surface area (Å²) in [5, 5.41) is 114. The maximum atomic E-state index is 12.4. The number of phenolic OH excluding ortho intramolecular Hbond substituents is 8. The highest BCUT2D eigenvalue weighted by atomic mass is 16.3. The van der Waals surface area contributed by atoms with Crippen LogP contribution in [0.1, 0.15) is 223 Å². The summed E-state index contributed by atoms with van der Waals surface area (Å²) in [6.45, 7) is 35.6. The third-order valence-corrected chi connectivity index (χ3v) is 28.2. The van der Waals surface area contributed by atoms with E-state index in [4.69, 9.17) is 20.0 Å². The summed E-state index contributed by atoms with van der Waals surface area (Å²) in [7, 11) is 0. The molecule has 0 aromatic heterocycles. The van der Waals surface area contributed by atoms with Crippen molar-refractivity contribution in [3.05, 3.63) is 465 Å². The number of anilines is 4. The van der Waals surface area contributed by atoms with Crippen molar-refractivity contribution in [1.29, 1.82) is 0 Å². The van der Waals surface area contributed by atoms with Crippen molar-refractivity contribution in [1.82, 2.24) is 0 Å². The number of aromatic hydroxyl groups is 8. The molecule has 728 valence electrons. The highest BCUT2D eigenvalue weighted by Crippen LogP contribution is 2.47. The van der Waals surface area contributed by atoms with Gasteiger partial charge in [0.05, 0.1) is 22.7 Å².